The van der Waals surface area contributed by atoms with E-state index in [4.69, 9.17) is 35.9 Å². The number of carbonyl (C=O) groups excluding carboxylic acids is 1. The molecule has 3 heterocycles. The zero-order valence-electron chi connectivity index (χ0n) is 22.4. The number of carbonyl (C=O) groups is 1. The highest BCUT2D eigenvalue weighted by atomic mass is 35.5. The quantitative estimate of drug-likeness (QED) is 0.137. The molecule has 0 spiro atoms. The van der Waals surface area contributed by atoms with Crippen LogP contribution < -0.4 is 20.7 Å². The Kier molecular flexibility index (Phi) is 9.20. The van der Waals surface area contributed by atoms with Gasteiger partial charge < -0.3 is 30.2 Å². The van der Waals surface area contributed by atoms with E-state index in [9.17, 15) is 27.6 Å². The number of nitrogens with two attached hydrogens (primary N) is 1. The first-order valence-electron chi connectivity index (χ1n) is 12.4. The van der Waals surface area contributed by atoms with Crippen molar-refractivity contribution in [2.45, 2.75) is 49.4 Å². The van der Waals surface area contributed by atoms with Crippen LogP contribution >= 0.6 is 19.3 Å². The van der Waals surface area contributed by atoms with Gasteiger partial charge in [0.05, 0.1) is 19.5 Å². The Hall–Kier alpha value is -3.21. The van der Waals surface area contributed by atoms with Crippen molar-refractivity contribution < 1.29 is 46.2 Å². The van der Waals surface area contributed by atoms with Crippen molar-refractivity contribution in [3.63, 3.8) is 0 Å². The fraction of sp³-hybridized carbons (Fsp3) is 0.478. The number of anilines is 2. The molecule has 0 aliphatic carbocycles. The van der Waals surface area contributed by atoms with Gasteiger partial charge in [0, 0.05) is 7.05 Å². The third kappa shape index (κ3) is 6.11. The number of fused-ring (bicyclic) bond motifs is 1. The second-order valence-electron chi connectivity index (χ2n) is 9.04. The lowest BCUT2D eigenvalue weighted by Gasteiger charge is -2.32. The summed E-state index contributed by atoms with van der Waals surface area (Å²) in [4.78, 5) is 20.7. The normalized spacial score (nSPS) is 24.7. The lowest BCUT2D eigenvalue weighted by atomic mass is 9.98. The summed E-state index contributed by atoms with van der Waals surface area (Å²) in [5, 5.41) is 16.0. The number of rotatable bonds is 11. The van der Waals surface area contributed by atoms with Crippen LogP contribution in [0.3, 0.4) is 0 Å². The maximum Gasteiger partial charge on any atom is 0.459 e. The molecule has 0 saturated carbocycles. The van der Waals surface area contributed by atoms with Gasteiger partial charge in [0.15, 0.2) is 23.2 Å². The van der Waals surface area contributed by atoms with Gasteiger partial charge in [0.1, 0.15) is 24.0 Å². The summed E-state index contributed by atoms with van der Waals surface area (Å²) in [5.41, 5.74) is 5.62. The number of aliphatic hydroxyl groups excluding tert-OH is 1. The maximum absolute atomic E-state index is 14.5. The van der Waals surface area contributed by atoms with Gasteiger partial charge in [-0.2, -0.15) is 28.2 Å². The molecule has 1 aliphatic rings. The molecular formula is C23H28ClF3N7O7P. The van der Waals surface area contributed by atoms with Crippen molar-refractivity contribution in [1.29, 1.82) is 0 Å². The van der Waals surface area contributed by atoms with Crippen LogP contribution in [-0.4, -0.2) is 80.2 Å². The first kappa shape index (κ1) is 31.7. The molecule has 230 valence electrons. The minimum Gasteiger partial charge on any atom is -0.465 e. The summed E-state index contributed by atoms with van der Waals surface area (Å²) < 4.78 is 79.4. The summed E-state index contributed by atoms with van der Waals surface area (Å²) in [6.07, 6.45) is -10.6. The Morgan fingerprint density at radius 2 is 2.02 bits per heavy atom. The molecule has 14 nitrogen and oxygen atoms in total. The highest BCUT2D eigenvalue weighted by Gasteiger charge is 2.71. The molecule has 4 rings (SSSR count). The van der Waals surface area contributed by atoms with Gasteiger partial charge in [-0.3, -0.25) is 13.9 Å². The van der Waals surface area contributed by atoms with E-state index in [0.29, 0.717) is 0 Å². The van der Waals surface area contributed by atoms with Crippen molar-refractivity contribution in [1.82, 2.24) is 24.6 Å². The number of alkyl halides is 4. The number of imidazole rings is 1. The van der Waals surface area contributed by atoms with Crippen LogP contribution in [0.25, 0.3) is 11.2 Å². The van der Waals surface area contributed by atoms with Gasteiger partial charge in [0.25, 0.3) is 0 Å². The number of hydrogen-bond donors (Lipinski definition) is 4. The van der Waals surface area contributed by atoms with Crippen LogP contribution in [0.15, 0.2) is 36.7 Å². The summed E-state index contributed by atoms with van der Waals surface area (Å²) in [7, 11) is -3.01. The molecule has 0 bridgehead atoms. The number of esters is 1. The first-order valence-corrected chi connectivity index (χ1v) is 14.4. The van der Waals surface area contributed by atoms with E-state index >= 15 is 0 Å². The number of hydrogen-bond acceptors (Lipinski definition) is 12. The summed E-state index contributed by atoms with van der Waals surface area (Å²) in [5.74, 6) is -0.886. The SMILES string of the molecule is CCOC(=O)[C@H](C)NP(=O)(OC[C@H]1O[C@@H](n2cnc3c(NC)nc(N)nc32)[C@@](Cl)(C(F)(F)F)[C@@H]1O)Oc1ccccc1. The molecule has 19 heteroatoms. The van der Waals surface area contributed by atoms with Crippen LogP contribution in [0.4, 0.5) is 24.9 Å². The fourth-order valence-electron chi connectivity index (χ4n) is 4.18. The number of nitrogens with one attached hydrogen (secondary N) is 2. The van der Waals surface area contributed by atoms with Crippen molar-refractivity contribution >= 4 is 48.2 Å². The van der Waals surface area contributed by atoms with Crippen LogP contribution in [0.2, 0.25) is 0 Å². The lowest BCUT2D eigenvalue weighted by molar-refractivity contribution is -0.195. The van der Waals surface area contributed by atoms with Crippen molar-refractivity contribution in [2.24, 2.45) is 0 Å². The van der Waals surface area contributed by atoms with Crippen molar-refractivity contribution in [3.8, 4) is 5.75 Å². The van der Waals surface area contributed by atoms with Crippen molar-refractivity contribution in [3.05, 3.63) is 36.7 Å². The number of nitrogens with zero attached hydrogens (tertiary/aromatic N) is 4. The lowest BCUT2D eigenvalue weighted by Crippen LogP contribution is -2.53. The van der Waals surface area contributed by atoms with E-state index < -0.39 is 55.9 Å². The number of halogens is 4. The third-order valence-corrected chi connectivity index (χ3v) is 8.45. The highest BCUT2D eigenvalue weighted by molar-refractivity contribution is 7.52. The van der Waals surface area contributed by atoms with E-state index in [2.05, 4.69) is 25.4 Å². The van der Waals surface area contributed by atoms with E-state index in [1.165, 1.54) is 26.1 Å². The molecule has 1 aliphatic heterocycles. The molecule has 3 aromatic rings. The van der Waals surface area contributed by atoms with Gasteiger partial charge in [0.2, 0.25) is 10.8 Å². The molecule has 1 fully saturated rings. The average molecular weight is 638 g/mol. The van der Waals surface area contributed by atoms with Crippen LogP contribution in [0.1, 0.15) is 20.1 Å². The molecular weight excluding hydrogens is 610 g/mol. The Morgan fingerprint density at radius 1 is 1.33 bits per heavy atom. The van der Waals surface area contributed by atoms with Crippen LogP contribution in [-0.2, 0) is 23.4 Å². The molecule has 6 atom stereocenters. The largest absolute Gasteiger partial charge is 0.465 e. The monoisotopic (exact) mass is 637 g/mol. The highest BCUT2D eigenvalue weighted by Crippen LogP contribution is 2.55. The average Bonchev–Trinajstić information content (AvgIpc) is 3.46. The Bertz CT molecular complexity index is 1470. The summed E-state index contributed by atoms with van der Waals surface area (Å²) >= 11 is 6.13. The number of aliphatic hydroxyl groups is 1. The molecule has 42 heavy (non-hydrogen) atoms. The maximum atomic E-state index is 14.5. The zero-order valence-corrected chi connectivity index (χ0v) is 24.1. The van der Waals surface area contributed by atoms with Crippen LogP contribution in [0, 0.1) is 0 Å². The predicted octanol–water partition coefficient (Wildman–Crippen LogP) is 2.99. The number of aromatic nitrogens is 4. The molecule has 1 unspecified atom stereocenters. The van der Waals surface area contributed by atoms with Gasteiger partial charge >= 0.3 is 19.9 Å². The second-order valence-corrected chi connectivity index (χ2v) is 11.4. The van der Waals surface area contributed by atoms with E-state index in [1.807, 2.05) is 0 Å². The molecule has 1 saturated heterocycles. The van der Waals surface area contributed by atoms with Gasteiger partial charge in [-0.1, -0.05) is 18.2 Å². The smallest absolute Gasteiger partial charge is 0.459 e. The second kappa shape index (κ2) is 12.2. The van der Waals surface area contributed by atoms with Gasteiger partial charge in [-0.05, 0) is 26.0 Å². The molecule has 1 aromatic carbocycles. The van der Waals surface area contributed by atoms with E-state index in [-0.39, 0.29) is 35.3 Å². The number of nitrogen functional groups attached to an aromatic ring is 1. The Balaban J connectivity index is 1.66. The fourth-order valence-corrected chi connectivity index (χ4v) is 5.98. The molecule has 2 aromatic heterocycles. The van der Waals surface area contributed by atoms with Crippen molar-refractivity contribution in [2.75, 3.05) is 31.3 Å². The summed E-state index contributed by atoms with van der Waals surface area (Å²) in [6, 6.07) is 6.46. The summed E-state index contributed by atoms with van der Waals surface area (Å²) in [6.45, 7) is 2.01. The predicted molar refractivity (Wildman–Crippen MR) is 144 cm³/mol. The van der Waals surface area contributed by atoms with Gasteiger partial charge in [-0.25, -0.2) is 9.55 Å². The third-order valence-electron chi connectivity index (χ3n) is 6.18. The number of para-hydroxylation sites is 1. The van der Waals surface area contributed by atoms with E-state index in [1.54, 1.807) is 25.1 Å². The minimum absolute atomic E-state index is 0.0314. The topological polar surface area (TPSA) is 185 Å². The molecule has 0 amide bonds. The van der Waals surface area contributed by atoms with Crippen LogP contribution in [0.5, 0.6) is 5.75 Å². The first-order chi connectivity index (χ1) is 19.7. The Labute approximate surface area is 242 Å². The minimum atomic E-state index is -5.24. The number of ether oxygens (including phenoxy) is 2. The van der Waals surface area contributed by atoms with E-state index in [0.717, 1.165) is 10.9 Å². The standard InChI is InChI=1S/C23H28ClF3N7O7P/c1-4-38-19(36)12(2)33-42(37,41-13-8-6-5-7-9-13)39-10-14-16(35)22(24,23(25,26)27)20(40-14)34-11-30-15-17(29-3)31-21(28)32-18(15)34/h5-9,11-12,14,16,20,35H,4,10H2,1-3H3,(H,33,37)(H3,28,29,31,32)/t12-,14+,16+,20+,22+,42?/m0/s1. The van der Waals surface area contributed by atoms with Gasteiger partial charge in [-0.15, -0.1) is 11.6 Å². The molecule has 5 N–H and O–H groups in total. The zero-order chi connectivity index (χ0) is 30.9. The Morgan fingerprint density at radius 3 is 2.64 bits per heavy atom. The molecule has 0 radical (unpaired) electrons. The number of benzene rings is 1.